The monoisotopic (exact) mass is 547 g/mol. The SMILES string of the molecule is CC(=O)N1CCC(NC(=O)C(N)Cc2c(C)cc(C)cc2C)c2cc(Cc3ccccc3)cc(Br)c21. The van der Waals surface area contributed by atoms with Gasteiger partial charge in [-0.15, -0.1) is 0 Å². The van der Waals surface area contributed by atoms with Crippen LogP contribution in [0.4, 0.5) is 5.69 Å². The predicted octanol–water partition coefficient (Wildman–Crippen LogP) is 5.45. The molecule has 2 amide bonds. The second kappa shape index (κ2) is 11.0. The summed E-state index contributed by atoms with van der Waals surface area (Å²) in [7, 11) is 0. The topological polar surface area (TPSA) is 75.4 Å². The molecule has 0 aliphatic carbocycles. The van der Waals surface area contributed by atoms with Crippen molar-refractivity contribution in [2.45, 2.75) is 59.0 Å². The Bertz CT molecular complexity index is 1270. The van der Waals surface area contributed by atoms with Crippen molar-refractivity contribution in [2.75, 3.05) is 11.4 Å². The second-order valence-electron chi connectivity index (χ2n) is 9.89. The van der Waals surface area contributed by atoms with E-state index in [4.69, 9.17) is 5.73 Å². The third-order valence-electron chi connectivity index (χ3n) is 6.99. The Morgan fingerprint density at radius 2 is 1.72 bits per heavy atom. The summed E-state index contributed by atoms with van der Waals surface area (Å²) < 4.78 is 0.857. The highest BCUT2D eigenvalue weighted by molar-refractivity contribution is 9.10. The lowest BCUT2D eigenvalue weighted by atomic mass is 9.91. The van der Waals surface area contributed by atoms with Crippen molar-refractivity contribution < 1.29 is 9.59 Å². The fourth-order valence-corrected chi connectivity index (χ4v) is 6.01. The minimum Gasteiger partial charge on any atom is -0.348 e. The molecule has 2 unspecified atom stereocenters. The van der Waals surface area contributed by atoms with E-state index in [0.717, 1.165) is 44.4 Å². The van der Waals surface area contributed by atoms with Gasteiger partial charge in [0.25, 0.3) is 0 Å². The molecule has 0 radical (unpaired) electrons. The molecule has 5 nitrogen and oxygen atoms in total. The van der Waals surface area contributed by atoms with E-state index in [2.05, 4.69) is 78.4 Å². The Kier molecular flexibility index (Phi) is 7.96. The number of nitrogens with zero attached hydrogens (tertiary/aromatic N) is 1. The first-order valence-electron chi connectivity index (χ1n) is 12.4. The lowest BCUT2D eigenvalue weighted by molar-refractivity contribution is -0.123. The van der Waals surface area contributed by atoms with Gasteiger partial charge in [0.05, 0.1) is 17.8 Å². The van der Waals surface area contributed by atoms with E-state index in [1.807, 2.05) is 18.2 Å². The molecule has 0 fully saturated rings. The molecule has 188 valence electrons. The van der Waals surface area contributed by atoms with Crippen LogP contribution in [0.15, 0.2) is 59.1 Å². The molecule has 3 aromatic rings. The van der Waals surface area contributed by atoms with Gasteiger partial charge in [-0.3, -0.25) is 9.59 Å². The first kappa shape index (κ1) is 26.1. The van der Waals surface area contributed by atoms with Gasteiger partial charge in [-0.25, -0.2) is 0 Å². The van der Waals surface area contributed by atoms with Crippen molar-refractivity contribution in [3.05, 3.63) is 98.0 Å². The number of aryl methyl sites for hydroxylation is 3. The molecule has 1 aliphatic rings. The maximum Gasteiger partial charge on any atom is 0.237 e. The van der Waals surface area contributed by atoms with E-state index in [1.165, 1.54) is 11.1 Å². The maximum absolute atomic E-state index is 13.3. The lowest BCUT2D eigenvalue weighted by Gasteiger charge is -2.36. The van der Waals surface area contributed by atoms with Crippen LogP contribution in [0.2, 0.25) is 0 Å². The molecular weight excluding hydrogens is 514 g/mol. The Balaban J connectivity index is 1.60. The molecule has 0 aromatic heterocycles. The molecule has 36 heavy (non-hydrogen) atoms. The van der Waals surface area contributed by atoms with Crippen molar-refractivity contribution in [1.82, 2.24) is 5.32 Å². The van der Waals surface area contributed by atoms with Crippen LogP contribution >= 0.6 is 15.9 Å². The molecule has 3 aromatic carbocycles. The van der Waals surface area contributed by atoms with E-state index >= 15 is 0 Å². The van der Waals surface area contributed by atoms with Crippen LogP contribution in [0.1, 0.15) is 58.3 Å². The van der Waals surface area contributed by atoms with Crippen LogP contribution in [0.25, 0.3) is 0 Å². The first-order valence-corrected chi connectivity index (χ1v) is 13.2. The minimum atomic E-state index is -0.657. The third-order valence-corrected chi connectivity index (χ3v) is 7.59. The molecule has 6 heteroatoms. The smallest absolute Gasteiger partial charge is 0.237 e. The summed E-state index contributed by atoms with van der Waals surface area (Å²) in [6, 6.07) is 17.8. The number of anilines is 1. The molecule has 0 spiro atoms. The fraction of sp³-hybridized carbons (Fsp3) is 0.333. The van der Waals surface area contributed by atoms with Gasteiger partial charge in [0.15, 0.2) is 0 Å². The zero-order valence-corrected chi connectivity index (χ0v) is 23.0. The Morgan fingerprint density at radius 1 is 1.06 bits per heavy atom. The first-order chi connectivity index (χ1) is 17.1. The van der Waals surface area contributed by atoms with Crippen molar-refractivity contribution in [3.8, 4) is 0 Å². The van der Waals surface area contributed by atoms with Crippen molar-refractivity contribution in [2.24, 2.45) is 5.73 Å². The number of hydrogen-bond donors (Lipinski definition) is 2. The summed E-state index contributed by atoms with van der Waals surface area (Å²) >= 11 is 3.71. The summed E-state index contributed by atoms with van der Waals surface area (Å²) in [5.41, 5.74) is 15.2. The molecule has 2 atom stereocenters. The third kappa shape index (κ3) is 5.71. The number of benzene rings is 3. The number of hydrogen-bond acceptors (Lipinski definition) is 3. The summed E-state index contributed by atoms with van der Waals surface area (Å²) in [5, 5.41) is 3.20. The number of fused-ring (bicyclic) bond motifs is 1. The van der Waals surface area contributed by atoms with Gasteiger partial charge in [0, 0.05) is 17.9 Å². The number of nitrogens with two attached hydrogens (primary N) is 1. The summed E-state index contributed by atoms with van der Waals surface area (Å²) in [5.74, 6) is -0.189. The van der Waals surface area contributed by atoms with Crippen LogP contribution < -0.4 is 16.0 Å². The number of carbonyl (C=O) groups excluding carboxylic acids is 2. The number of carbonyl (C=O) groups is 2. The zero-order valence-electron chi connectivity index (χ0n) is 21.4. The molecule has 4 rings (SSSR count). The fourth-order valence-electron chi connectivity index (χ4n) is 5.28. The van der Waals surface area contributed by atoms with Crippen LogP contribution in [-0.2, 0) is 22.4 Å². The van der Waals surface area contributed by atoms with Crippen LogP contribution in [-0.4, -0.2) is 24.4 Å². The Labute approximate surface area is 222 Å². The highest BCUT2D eigenvalue weighted by Gasteiger charge is 2.31. The van der Waals surface area contributed by atoms with E-state index in [-0.39, 0.29) is 17.9 Å². The maximum atomic E-state index is 13.3. The van der Waals surface area contributed by atoms with Crippen molar-refractivity contribution in [3.63, 3.8) is 0 Å². The van der Waals surface area contributed by atoms with Gasteiger partial charge in [0.1, 0.15) is 0 Å². The normalized spacial score (nSPS) is 15.8. The number of halogens is 1. The van der Waals surface area contributed by atoms with E-state index in [0.29, 0.717) is 19.4 Å². The van der Waals surface area contributed by atoms with E-state index in [1.54, 1.807) is 11.8 Å². The number of rotatable bonds is 6. The largest absolute Gasteiger partial charge is 0.348 e. The van der Waals surface area contributed by atoms with Crippen molar-refractivity contribution >= 4 is 33.4 Å². The molecule has 0 bridgehead atoms. The van der Waals surface area contributed by atoms with Gasteiger partial charge in [-0.05, 0) is 95.4 Å². The minimum absolute atomic E-state index is 0.0143. The van der Waals surface area contributed by atoms with Gasteiger partial charge in [-0.2, -0.15) is 0 Å². The molecule has 0 saturated heterocycles. The highest BCUT2D eigenvalue weighted by atomic mass is 79.9. The molecule has 1 heterocycles. The Hall–Kier alpha value is -2.96. The lowest BCUT2D eigenvalue weighted by Crippen LogP contribution is -2.46. The average molecular weight is 549 g/mol. The summed E-state index contributed by atoms with van der Waals surface area (Å²) in [6.07, 6.45) is 1.88. The van der Waals surface area contributed by atoms with Crippen LogP contribution in [0.5, 0.6) is 0 Å². The van der Waals surface area contributed by atoms with Gasteiger partial charge < -0.3 is 16.0 Å². The van der Waals surface area contributed by atoms with Gasteiger partial charge in [0.2, 0.25) is 11.8 Å². The Morgan fingerprint density at radius 3 is 2.36 bits per heavy atom. The second-order valence-corrected chi connectivity index (χ2v) is 10.7. The standard InChI is InChI=1S/C30H34BrN3O2/c1-18-12-19(2)24(20(3)13-18)17-27(32)30(36)33-28-10-11-34(21(4)35)29-25(28)15-23(16-26(29)31)14-22-8-6-5-7-9-22/h5-9,12-13,15-16,27-28H,10-11,14,17,32H2,1-4H3,(H,33,36). The summed E-state index contributed by atoms with van der Waals surface area (Å²) in [6.45, 7) is 8.33. The van der Waals surface area contributed by atoms with Crippen LogP contribution in [0.3, 0.4) is 0 Å². The molecule has 1 aliphatic heterocycles. The van der Waals surface area contributed by atoms with E-state index in [9.17, 15) is 9.59 Å². The molecule has 3 N–H and O–H groups in total. The van der Waals surface area contributed by atoms with Gasteiger partial charge in [-0.1, -0.05) is 54.1 Å². The molecular formula is C30H34BrN3O2. The highest BCUT2D eigenvalue weighted by Crippen LogP contribution is 2.41. The zero-order chi connectivity index (χ0) is 26.0. The van der Waals surface area contributed by atoms with E-state index < -0.39 is 6.04 Å². The number of nitrogens with one attached hydrogen (secondary N) is 1. The van der Waals surface area contributed by atoms with Crippen molar-refractivity contribution in [1.29, 1.82) is 0 Å². The molecule has 0 saturated carbocycles. The van der Waals surface area contributed by atoms with Crippen LogP contribution in [0, 0.1) is 20.8 Å². The van der Waals surface area contributed by atoms with Gasteiger partial charge >= 0.3 is 0 Å². The quantitative estimate of drug-likeness (QED) is 0.430. The predicted molar refractivity (Wildman–Crippen MR) is 149 cm³/mol. The average Bonchev–Trinajstić information content (AvgIpc) is 2.82. The summed E-state index contributed by atoms with van der Waals surface area (Å²) in [4.78, 5) is 27.5. The number of amides is 2.